The van der Waals surface area contributed by atoms with Gasteiger partial charge in [0.05, 0.1) is 7.11 Å². The number of rotatable bonds is 8. The van der Waals surface area contributed by atoms with E-state index >= 15 is 0 Å². The number of methoxy groups -OCH3 is 1. The molecule has 0 amide bonds. The van der Waals surface area contributed by atoms with Crippen molar-refractivity contribution in [3.63, 3.8) is 0 Å². The molecule has 2 rings (SSSR count). The maximum atomic E-state index is 5.94. The van der Waals surface area contributed by atoms with Crippen molar-refractivity contribution in [3.05, 3.63) is 70.2 Å². The zero-order chi connectivity index (χ0) is 16.7. The van der Waals surface area contributed by atoms with Crippen LogP contribution in [-0.4, -0.2) is 13.7 Å². The molecule has 0 aliphatic rings. The van der Waals surface area contributed by atoms with Crippen molar-refractivity contribution >= 4 is 15.9 Å². The van der Waals surface area contributed by atoms with Crippen LogP contribution in [0.4, 0.5) is 0 Å². The Bertz CT molecular complexity index is 670. The van der Waals surface area contributed by atoms with E-state index < -0.39 is 0 Å². The summed E-state index contributed by atoms with van der Waals surface area (Å²) in [5, 5.41) is 3.28. The number of aryl methyl sites for hydroxylation is 1. The van der Waals surface area contributed by atoms with E-state index in [9.17, 15) is 0 Å². The summed E-state index contributed by atoms with van der Waals surface area (Å²) in [6, 6.07) is 12.2. The average molecular weight is 376 g/mol. The van der Waals surface area contributed by atoms with E-state index in [2.05, 4.69) is 52.9 Å². The normalized spacial score (nSPS) is 10.4. The summed E-state index contributed by atoms with van der Waals surface area (Å²) in [6.45, 7) is 7.79. The predicted molar refractivity (Wildman–Crippen MR) is 98.1 cm³/mol. The molecule has 2 aromatic carbocycles. The third-order valence-corrected chi connectivity index (χ3v) is 4.15. The molecule has 0 saturated carbocycles. The number of benzene rings is 2. The first kappa shape index (κ1) is 17.6. The molecule has 1 N–H and O–H groups in total. The van der Waals surface area contributed by atoms with Gasteiger partial charge in [0.1, 0.15) is 6.61 Å². The first-order valence-electron chi connectivity index (χ1n) is 7.50. The fraction of sp³-hybridized carbons (Fsp3) is 0.263. The second kappa shape index (κ2) is 8.75. The highest BCUT2D eigenvalue weighted by Gasteiger charge is 2.10. The van der Waals surface area contributed by atoms with Gasteiger partial charge in [0, 0.05) is 17.6 Å². The van der Waals surface area contributed by atoms with Crippen molar-refractivity contribution in [2.24, 2.45) is 0 Å². The molecule has 0 unspecified atom stereocenters. The molecule has 23 heavy (non-hydrogen) atoms. The molecule has 0 fully saturated rings. The van der Waals surface area contributed by atoms with Gasteiger partial charge in [-0.25, -0.2) is 0 Å². The Kier molecular flexibility index (Phi) is 6.68. The fourth-order valence-electron chi connectivity index (χ4n) is 2.26. The summed E-state index contributed by atoms with van der Waals surface area (Å²) in [7, 11) is 1.66. The van der Waals surface area contributed by atoms with Gasteiger partial charge in [-0.3, -0.25) is 0 Å². The van der Waals surface area contributed by atoms with Crippen molar-refractivity contribution in [3.8, 4) is 11.5 Å². The van der Waals surface area contributed by atoms with Gasteiger partial charge in [-0.05, 0) is 30.2 Å². The third-order valence-electron chi connectivity index (χ3n) is 3.41. The van der Waals surface area contributed by atoms with Crippen LogP contribution in [0.15, 0.2) is 53.5 Å². The Morgan fingerprint density at radius 1 is 1.22 bits per heavy atom. The summed E-state index contributed by atoms with van der Waals surface area (Å²) in [5.41, 5.74) is 3.48. The van der Waals surface area contributed by atoms with Crippen molar-refractivity contribution in [1.29, 1.82) is 0 Å². The summed E-state index contributed by atoms with van der Waals surface area (Å²) in [4.78, 5) is 0. The first-order valence-corrected chi connectivity index (χ1v) is 8.29. The minimum atomic E-state index is 0.512. The van der Waals surface area contributed by atoms with Crippen LogP contribution in [0.3, 0.4) is 0 Å². The number of halogens is 1. The Balaban J connectivity index is 2.11. The summed E-state index contributed by atoms with van der Waals surface area (Å²) >= 11 is 3.60. The van der Waals surface area contributed by atoms with Crippen LogP contribution in [0.5, 0.6) is 11.5 Å². The zero-order valence-electron chi connectivity index (χ0n) is 13.6. The molecule has 0 aliphatic heterocycles. The number of hydrogen-bond acceptors (Lipinski definition) is 3. The smallest absolute Gasteiger partial charge is 0.162 e. The highest BCUT2D eigenvalue weighted by atomic mass is 79.9. The van der Waals surface area contributed by atoms with Crippen molar-refractivity contribution in [2.75, 3.05) is 13.7 Å². The lowest BCUT2D eigenvalue weighted by molar-refractivity contribution is 0.284. The molecule has 4 heteroatoms. The van der Waals surface area contributed by atoms with E-state index in [1.165, 1.54) is 5.56 Å². The predicted octanol–water partition coefficient (Wildman–Crippen LogP) is 4.62. The van der Waals surface area contributed by atoms with Crippen LogP contribution in [0.2, 0.25) is 0 Å². The Morgan fingerprint density at radius 2 is 2.04 bits per heavy atom. The molecule has 122 valence electrons. The second-order valence-corrected chi connectivity index (χ2v) is 6.15. The maximum absolute atomic E-state index is 5.94. The van der Waals surface area contributed by atoms with Gasteiger partial charge in [0.15, 0.2) is 11.5 Å². The van der Waals surface area contributed by atoms with Crippen LogP contribution in [0, 0.1) is 6.92 Å². The van der Waals surface area contributed by atoms with Crippen LogP contribution >= 0.6 is 15.9 Å². The standard InChI is InChI=1S/C19H22BrNO2/c1-4-8-21-12-16-10-18(22-3)19(11-17(16)20)23-13-15-7-5-6-14(2)9-15/h4-7,9-11,21H,1,8,12-13H2,2-3H3. The van der Waals surface area contributed by atoms with Gasteiger partial charge in [0.2, 0.25) is 0 Å². The summed E-state index contributed by atoms with van der Waals surface area (Å²) in [5.74, 6) is 1.46. The van der Waals surface area contributed by atoms with Gasteiger partial charge in [-0.15, -0.1) is 6.58 Å². The molecule has 0 heterocycles. The van der Waals surface area contributed by atoms with Crippen LogP contribution < -0.4 is 14.8 Å². The van der Waals surface area contributed by atoms with Crippen LogP contribution in [0.25, 0.3) is 0 Å². The Hall–Kier alpha value is -1.78. The average Bonchev–Trinajstić information content (AvgIpc) is 2.54. The molecule has 0 atom stereocenters. The van der Waals surface area contributed by atoms with Gasteiger partial charge in [-0.1, -0.05) is 51.8 Å². The molecule has 0 aromatic heterocycles. The van der Waals surface area contributed by atoms with Gasteiger partial charge in [-0.2, -0.15) is 0 Å². The summed E-state index contributed by atoms with van der Waals surface area (Å²) in [6.07, 6.45) is 1.84. The van der Waals surface area contributed by atoms with Crippen molar-refractivity contribution in [1.82, 2.24) is 5.32 Å². The minimum absolute atomic E-state index is 0.512. The van der Waals surface area contributed by atoms with Crippen LogP contribution in [-0.2, 0) is 13.2 Å². The van der Waals surface area contributed by atoms with E-state index in [0.717, 1.165) is 40.2 Å². The first-order chi connectivity index (χ1) is 11.1. The molecule has 0 saturated heterocycles. The highest BCUT2D eigenvalue weighted by Crippen LogP contribution is 2.34. The van der Waals surface area contributed by atoms with Crippen LogP contribution in [0.1, 0.15) is 16.7 Å². The van der Waals surface area contributed by atoms with E-state index in [0.29, 0.717) is 6.61 Å². The molecule has 2 aromatic rings. The van der Waals surface area contributed by atoms with Gasteiger partial charge < -0.3 is 14.8 Å². The molecule has 0 bridgehead atoms. The highest BCUT2D eigenvalue weighted by molar-refractivity contribution is 9.10. The molecular weight excluding hydrogens is 354 g/mol. The molecule has 0 spiro atoms. The molecule has 0 radical (unpaired) electrons. The maximum Gasteiger partial charge on any atom is 0.162 e. The number of hydrogen-bond donors (Lipinski definition) is 1. The van der Waals surface area contributed by atoms with E-state index in [1.807, 2.05) is 24.3 Å². The topological polar surface area (TPSA) is 30.5 Å². The van der Waals surface area contributed by atoms with E-state index in [4.69, 9.17) is 9.47 Å². The fourth-order valence-corrected chi connectivity index (χ4v) is 2.72. The quantitative estimate of drug-likeness (QED) is 0.539. The third kappa shape index (κ3) is 5.12. The SMILES string of the molecule is C=CCNCc1cc(OC)c(OCc2cccc(C)c2)cc1Br. The number of ether oxygens (including phenoxy) is 2. The molecule has 0 aliphatic carbocycles. The lowest BCUT2D eigenvalue weighted by Gasteiger charge is -2.14. The summed E-state index contributed by atoms with van der Waals surface area (Å²) < 4.78 is 12.4. The molecular formula is C19H22BrNO2. The van der Waals surface area contributed by atoms with Crippen molar-refractivity contribution < 1.29 is 9.47 Å². The van der Waals surface area contributed by atoms with Gasteiger partial charge >= 0.3 is 0 Å². The second-order valence-electron chi connectivity index (χ2n) is 5.29. The van der Waals surface area contributed by atoms with Gasteiger partial charge in [0.25, 0.3) is 0 Å². The van der Waals surface area contributed by atoms with E-state index in [1.54, 1.807) is 7.11 Å². The zero-order valence-corrected chi connectivity index (χ0v) is 15.2. The van der Waals surface area contributed by atoms with Crippen molar-refractivity contribution in [2.45, 2.75) is 20.1 Å². The lowest BCUT2D eigenvalue weighted by atomic mass is 10.1. The number of nitrogens with one attached hydrogen (secondary N) is 1. The monoisotopic (exact) mass is 375 g/mol. The Morgan fingerprint density at radius 3 is 2.74 bits per heavy atom. The Labute approximate surface area is 146 Å². The lowest BCUT2D eigenvalue weighted by Crippen LogP contribution is -2.13. The molecule has 3 nitrogen and oxygen atoms in total. The van der Waals surface area contributed by atoms with E-state index in [-0.39, 0.29) is 0 Å². The largest absolute Gasteiger partial charge is 0.493 e. The minimum Gasteiger partial charge on any atom is -0.493 e.